The number of nitrogens with zero attached hydrogens (tertiary/aromatic N) is 4. The summed E-state index contributed by atoms with van der Waals surface area (Å²) < 4.78 is 12.1. The van der Waals surface area contributed by atoms with E-state index in [-0.39, 0.29) is 5.75 Å². The zero-order valence-electron chi connectivity index (χ0n) is 13.1. The van der Waals surface area contributed by atoms with E-state index in [9.17, 15) is 4.79 Å². The third-order valence-electron chi connectivity index (χ3n) is 3.26. The first-order chi connectivity index (χ1) is 11.6. The molecule has 0 spiro atoms. The van der Waals surface area contributed by atoms with Crippen molar-refractivity contribution in [2.45, 2.75) is 5.16 Å². The number of carbonyl (C=O) groups excluding carboxylic acids is 1. The Morgan fingerprint density at radius 2 is 1.96 bits per heavy atom. The molecule has 3 aromatic rings. The maximum atomic E-state index is 10.9. The molecule has 0 radical (unpaired) electrons. The number of methoxy groups -OCH3 is 2. The Balaban J connectivity index is 2.00. The molecule has 0 bridgehead atoms. The molecule has 2 N–H and O–H groups in total. The maximum absolute atomic E-state index is 10.9. The first-order valence-electron chi connectivity index (χ1n) is 6.98. The van der Waals surface area contributed by atoms with Gasteiger partial charge in [0.05, 0.1) is 25.7 Å². The van der Waals surface area contributed by atoms with E-state index >= 15 is 0 Å². The molecule has 0 saturated heterocycles. The lowest BCUT2D eigenvalue weighted by atomic mass is 10.1. The molecule has 124 valence electrons. The summed E-state index contributed by atoms with van der Waals surface area (Å²) in [5.74, 6) is 0.949. The van der Waals surface area contributed by atoms with Gasteiger partial charge in [-0.05, 0) is 30.3 Å². The number of hydrogen-bond acceptors (Lipinski definition) is 7. The van der Waals surface area contributed by atoms with Crippen LogP contribution in [0.2, 0.25) is 0 Å². The van der Waals surface area contributed by atoms with Crippen LogP contribution in [0.1, 0.15) is 0 Å². The van der Waals surface area contributed by atoms with Gasteiger partial charge in [0.15, 0.2) is 17.1 Å². The molecule has 1 aromatic carbocycles. The van der Waals surface area contributed by atoms with Gasteiger partial charge < -0.3 is 15.2 Å². The highest BCUT2D eigenvalue weighted by atomic mass is 32.2. The lowest BCUT2D eigenvalue weighted by Gasteiger charge is -2.09. The van der Waals surface area contributed by atoms with Gasteiger partial charge in [-0.1, -0.05) is 11.8 Å². The number of primary amides is 1. The third kappa shape index (κ3) is 3.11. The highest BCUT2D eigenvalue weighted by Crippen LogP contribution is 2.31. The van der Waals surface area contributed by atoms with Crippen LogP contribution in [0.25, 0.3) is 16.9 Å². The number of nitrogens with two attached hydrogens (primary N) is 1. The van der Waals surface area contributed by atoms with E-state index in [1.54, 1.807) is 24.8 Å². The summed E-state index contributed by atoms with van der Waals surface area (Å²) in [5, 5.41) is 13.1. The second kappa shape index (κ2) is 6.75. The number of fused-ring (bicyclic) bond motifs is 1. The molecule has 0 saturated carbocycles. The van der Waals surface area contributed by atoms with Crippen LogP contribution in [0.4, 0.5) is 0 Å². The summed E-state index contributed by atoms with van der Waals surface area (Å²) in [6, 6.07) is 9.19. The van der Waals surface area contributed by atoms with Crippen molar-refractivity contribution in [3.63, 3.8) is 0 Å². The van der Waals surface area contributed by atoms with E-state index in [0.717, 1.165) is 5.56 Å². The molecule has 0 atom stereocenters. The summed E-state index contributed by atoms with van der Waals surface area (Å²) >= 11 is 1.19. The topological polar surface area (TPSA) is 105 Å². The fourth-order valence-electron chi connectivity index (χ4n) is 2.14. The molecular weight excluding hydrogens is 330 g/mol. The summed E-state index contributed by atoms with van der Waals surface area (Å²) in [7, 11) is 3.16. The summed E-state index contributed by atoms with van der Waals surface area (Å²) in [5.41, 5.74) is 7.33. The van der Waals surface area contributed by atoms with Crippen molar-refractivity contribution in [3.05, 3.63) is 30.3 Å². The number of aromatic nitrogens is 4. The second-order valence-electron chi connectivity index (χ2n) is 4.80. The molecule has 1 amide bonds. The van der Waals surface area contributed by atoms with Gasteiger partial charge in [0.1, 0.15) is 0 Å². The number of amides is 1. The number of benzene rings is 1. The highest BCUT2D eigenvalue weighted by Gasteiger charge is 2.12. The van der Waals surface area contributed by atoms with Crippen LogP contribution >= 0.6 is 11.8 Å². The fraction of sp³-hybridized carbons (Fsp3) is 0.200. The van der Waals surface area contributed by atoms with Crippen LogP contribution in [0.15, 0.2) is 35.5 Å². The van der Waals surface area contributed by atoms with Gasteiger partial charge in [0.25, 0.3) is 0 Å². The normalized spacial score (nSPS) is 10.8. The molecular formula is C15H15N5O3S. The molecule has 3 rings (SSSR count). The van der Waals surface area contributed by atoms with E-state index in [1.165, 1.54) is 11.8 Å². The second-order valence-corrected chi connectivity index (χ2v) is 5.74. The quantitative estimate of drug-likeness (QED) is 0.673. The highest BCUT2D eigenvalue weighted by molar-refractivity contribution is 7.99. The molecule has 0 aliphatic rings. The standard InChI is InChI=1S/C15H15N5O3S/c1-22-11-5-3-9(7-12(11)23-2)10-4-6-14-17-18-15(20(14)19-10)24-8-13(16)21/h3-7H,8H2,1-2H3,(H2,16,21). The molecule has 8 nitrogen and oxygen atoms in total. The van der Waals surface area contributed by atoms with Gasteiger partial charge in [-0.2, -0.15) is 9.61 Å². The molecule has 0 fully saturated rings. The van der Waals surface area contributed by atoms with Crippen molar-refractivity contribution in [3.8, 4) is 22.8 Å². The zero-order valence-corrected chi connectivity index (χ0v) is 13.9. The van der Waals surface area contributed by atoms with Crippen molar-refractivity contribution in [2.24, 2.45) is 5.73 Å². The number of thioether (sulfide) groups is 1. The summed E-state index contributed by atoms with van der Waals surface area (Å²) in [6.07, 6.45) is 0. The van der Waals surface area contributed by atoms with Crippen LogP contribution < -0.4 is 15.2 Å². The molecule has 0 aliphatic heterocycles. The third-order valence-corrected chi connectivity index (χ3v) is 4.20. The van der Waals surface area contributed by atoms with Crippen LogP contribution in [-0.4, -0.2) is 45.7 Å². The molecule has 2 heterocycles. The molecule has 0 unspecified atom stereocenters. The van der Waals surface area contributed by atoms with Crippen molar-refractivity contribution in [2.75, 3.05) is 20.0 Å². The SMILES string of the molecule is COc1ccc(-c2ccc3nnc(SCC(N)=O)n3n2)cc1OC. The van der Waals surface area contributed by atoms with Gasteiger partial charge in [-0.3, -0.25) is 4.79 Å². The first-order valence-corrected chi connectivity index (χ1v) is 7.97. The maximum Gasteiger partial charge on any atom is 0.227 e. The number of hydrogen-bond donors (Lipinski definition) is 1. The Morgan fingerprint density at radius 1 is 1.17 bits per heavy atom. The van der Waals surface area contributed by atoms with Gasteiger partial charge in [-0.25, -0.2) is 0 Å². The van der Waals surface area contributed by atoms with Crippen LogP contribution in [0.5, 0.6) is 11.5 Å². The minimum Gasteiger partial charge on any atom is -0.493 e. The smallest absolute Gasteiger partial charge is 0.227 e. The monoisotopic (exact) mass is 345 g/mol. The lowest BCUT2D eigenvalue weighted by molar-refractivity contribution is -0.115. The molecule has 24 heavy (non-hydrogen) atoms. The number of carbonyl (C=O) groups is 1. The van der Waals surface area contributed by atoms with Crippen LogP contribution in [0.3, 0.4) is 0 Å². The Kier molecular flexibility index (Phi) is 4.52. The van der Waals surface area contributed by atoms with Gasteiger partial charge in [-0.15, -0.1) is 10.2 Å². The van der Waals surface area contributed by atoms with Crippen molar-refractivity contribution >= 4 is 23.3 Å². The largest absolute Gasteiger partial charge is 0.493 e. The first kappa shape index (κ1) is 16.1. The van der Waals surface area contributed by atoms with E-state index < -0.39 is 5.91 Å². The molecule has 2 aromatic heterocycles. The van der Waals surface area contributed by atoms with Crippen molar-refractivity contribution in [1.82, 2.24) is 19.8 Å². The minimum atomic E-state index is -0.423. The molecule has 9 heteroatoms. The zero-order chi connectivity index (χ0) is 17.1. The average molecular weight is 345 g/mol. The van der Waals surface area contributed by atoms with E-state index in [4.69, 9.17) is 15.2 Å². The Hall–Kier alpha value is -2.81. The van der Waals surface area contributed by atoms with E-state index in [0.29, 0.717) is 28.0 Å². The van der Waals surface area contributed by atoms with Gasteiger partial charge in [0.2, 0.25) is 11.1 Å². The fourth-order valence-corrected chi connectivity index (χ4v) is 2.77. The summed E-state index contributed by atoms with van der Waals surface area (Å²) in [4.78, 5) is 10.9. The minimum absolute atomic E-state index is 0.114. The Labute approximate surface area is 142 Å². The van der Waals surface area contributed by atoms with Crippen LogP contribution in [0, 0.1) is 0 Å². The van der Waals surface area contributed by atoms with Gasteiger partial charge in [0, 0.05) is 5.56 Å². The van der Waals surface area contributed by atoms with Crippen molar-refractivity contribution < 1.29 is 14.3 Å². The summed E-state index contributed by atoms with van der Waals surface area (Å²) in [6.45, 7) is 0. The van der Waals surface area contributed by atoms with E-state index in [1.807, 2.05) is 24.3 Å². The molecule has 0 aliphatic carbocycles. The predicted octanol–water partition coefficient (Wildman–Crippen LogP) is 1.39. The lowest BCUT2D eigenvalue weighted by Crippen LogP contribution is -2.13. The van der Waals surface area contributed by atoms with Gasteiger partial charge >= 0.3 is 0 Å². The number of ether oxygens (including phenoxy) is 2. The van der Waals surface area contributed by atoms with E-state index in [2.05, 4.69) is 15.3 Å². The predicted molar refractivity (Wildman–Crippen MR) is 89.2 cm³/mol. The number of rotatable bonds is 6. The Bertz CT molecular complexity index is 896. The average Bonchev–Trinajstić information content (AvgIpc) is 3.01. The van der Waals surface area contributed by atoms with Crippen LogP contribution in [-0.2, 0) is 4.79 Å². The van der Waals surface area contributed by atoms with Crippen molar-refractivity contribution in [1.29, 1.82) is 0 Å². The Morgan fingerprint density at radius 3 is 2.67 bits per heavy atom.